The molecule has 130 valence electrons. The van der Waals surface area contributed by atoms with Crippen molar-refractivity contribution < 1.29 is 4.74 Å². The predicted octanol–water partition coefficient (Wildman–Crippen LogP) is 6.75. The third-order valence-electron chi connectivity index (χ3n) is 6.30. The van der Waals surface area contributed by atoms with E-state index in [0.29, 0.717) is 6.10 Å². The van der Waals surface area contributed by atoms with E-state index in [9.17, 15) is 0 Å². The smallest absolute Gasteiger partial charge is 0.0575 e. The summed E-state index contributed by atoms with van der Waals surface area (Å²) in [6.07, 6.45) is 20.4. The summed E-state index contributed by atoms with van der Waals surface area (Å²) in [5.41, 5.74) is 0. The van der Waals surface area contributed by atoms with E-state index in [2.05, 4.69) is 13.8 Å². The largest absolute Gasteiger partial charge is 0.378 e. The molecule has 2 aliphatic carbocycles. The normalized spacial score (nSPS) is 33.0. The van der Waals surface area contributed by atoms with Crippen molar-refractivity contribution in [1.29, 1.82) is 0 Å². The molecule has 0 radical (unpaired) electrons. The second-order valence-corrected chi connectivity index (χ2v) is 8.20. The van der Waals surface area contributed by atoms with Crippen molar-refractivity contribution in [2.75, 3.05) is 6.61 Å². The second-order valence-electron chi connectivity index (χ2n) is 8.20. The quantitative estimate of drug-likeness (QED) is 0.428. The van der Waals surface area contributed by atoms with Gasteiger partial charge in [-0.05, 0) is 62.7 Å². The molecule has 0 amide bonds. The van der Waals surface area contributed by atoms with Gasteiger partial charge >= 0.3 is 0 Å². The van der Waals surface area contributed by atoms with Gasteiger partial charge in [-0.25, -0.2) is 0 Å². The van der Waals surface area contributed by atoms with Crippen LogP contribution in [0.1, 0.15) is 104 Å². The first-order valence-electron chi connectivity index (χ1n) is 10.4. The van der Waals surface area contributed by atoms with Gasteiger partial charge < -0.3 is 4.74 Å². The number of ether oxygens (including phenoxy) is 1. The minimum atomic E-state index is 0.592. The molecule has 0 aromatic rings. The lowest BCUT2D eigenvalue weighted by molar-refractivity contribution is 0.00563. The highest BCUT2D eigenvalue weighted by Gasteiger charge is 2.30. The van der Waals surface area contributed by atoms with E-state index in [1.54, 1.807) is 0 Å². The fraction of sp³-hybridized carbons (Fsp3) is 1.00. The zero-order valence-electron chi connectivity index (χ0n) is 15.3. The molecule has 0 atom stereocenters. The number of hydrogen-bond acceptors (Lipinski definition) is 1. The Morgan fingerprint density at radius 1 is 0.682 bits per heavy atom. The molecule has 22 heavy (non-hydrogen) atoms. The zero-order valence-corrected chi connectivity index (χ0v) is 15.3. The molecule has 0 heterocycles. The fourth-order valence-corrected chi connectivity index (χ4v) is 4.62. The Bertz CT molecular complexity index is 259. The van der Waals surface area contributed by atoms with Crippen molar-refractivity contribution in [1.82, 2.24) is 0 Å². The molecule has 0 aromatic carbocycles. The van der Waals surface area contributed by atoms with E-state index in [1.807, 2.05) is 0 Å². The highest BCUT2D eigenvalue weighted by Crippen LogP contribution is 2.40. The maximum absolute atomic E-state index is 6.14. The van der Waals surface area contributed by atoms with Crippen molar-refractivity contribution in [3.63, 3.8) is 0 Å². The Labute approximate surface area is 139 Å². The summed E-state index contributed by atoms with van der Waals surface area (Å²) in [5, 5.41) is 0. The van der Waals surface area contributed by atoms with Crippen LogP contribution in [0.5, 0.6) is 0 Å². The maximum atomic E-state index is 6.14. The van der Waals surface area contributed by atoms with Gasteiger partial charge in [0.2, 0.25) is 0 Å². The van der Waals surface area contributed by atoms with Crippen LogP contribution in [0, 0.1) is 17.8 Å². The third kappa shape index (κ3) is 6.60. The van der Waals surface area contributed by atoms with Gasteiger partial charge in [-0.1, -0.05) is 58.8 Å². The van der Waals surface area contributed by atoms with E-state index < -0.39 is 0 Å². The molecule has 0 unspecified atom stereocenters. The molecule has 1 heteroatoms. The van der Waals surface area contributed by atoms with Crippen molar-refractivity contribution >= 4 is 0 Å². The van der Waals surface area contributed by atoms with Crippen LogP contribution in [0.15, 0.2) is 0 Å². The van der Waals surface area contributed by atoms with E-state index >= 15 is 0 Å². The lowest BCUT2D eigenvalue weighted by Crippen LogP contribution is -2.28. The lowest BCUT2D eigenvalue weighted by atomic mass is 9.71. The first-order chi connectivity index (χ1) is 10.8. The average Bonchev–Trinajstić information content (AvgIpc) is 2.55. The van der Waals surface area contributed by atoms with Crippen LogP contribution in [0.2, 0.25) is 0 Å². The summed E-state index contributed by atoms with van der Waals surface area (Å²) in [6.45, 7) is 5.74. The number of rotatable bonds is 9. The summed E-state index contributed by atoms with van der Waals surface area (Å²) < 4.78 is 6.14. The molecule has 0 spiro atoms. The summed E-state index contributed by atoms with van der Waals surface area (Å²) >= 11 is 0. The Morgan fingerprint density at radius 2 is 1.23 bits per heavy atom. The molecule has 2 saturated carbocycles. The summed E-state index contributed by atoms with van der Waals surface area (Å²) in [6, 6.07) is 0. The van der Waals surface area contributed by atoms with E-state index in [-0.39, 0.29) is 0 Å². The summed E-state index contributed by atoms with van der Waals surface area (Å²) in [7, 11) is 0. The van der Waals surface area contributed by atoms with Crippen LogP contribution in [0.4, 0.5) is 0 Å². The molecule has 0 aromatic heterocycles. The van der Waals surface area contributed by atoms with Gasteiger partial charge in [0.05, 0.1) is 6.10 Å². The van der Waals surface area contributed by atoms with Gasteiger partial charge in [0.25, 0.3) is 0 Å². The van der Waals surface area contributed by atoms with Crippen LogP contribution in [-0.4, -0.2) is 12.7 Å². The zero-order chi connectivity index (χ0) is 15.6. The average molecular weight is 309 g/mol. The maximum Gasteiger partial charge on any atom is 0.0575 e. The molecule has 0 saturated heterocycles. The Balaban J connectivity index is 1.48. The molecule has 0 N–H and O–H groups in total. The Kier molecular flexibility index (Phi) is 8.89. The number of unbranched alkanes of at least 4 members (excludes halogenated alkanes) is 5. The third-order valence-corrected chi connectivity index (χ3v) is 6.30. The SMILES string of the molecule is CCCCCCCCO[C@H]1CC[C@H]([C@H]2CC[C@H](C)CC2)CC1. The van der Waals surface area contributed by atoms with Gasteiger partial charge in [-0.3, -0.25) is 0 Å². The van der Waals surface area contributed by atoms with Crippen molar-refractivity contribution in [3.8, 4) is 0 Å². The van der Waals surface area contributed by atoms with Gasteiger partial charge in [0.15, 0.2) is 0 Å². The fourth-order valence-electron chi connectivity index (χ4n) is 4.62. The minimum absolute atomic E-state index is 0.592. The van der Waals surface area contributed by atoms with Gasteiger partial charge in [-0.15, -0.1) is 0 Å². The lowest BCUT2D eigenvalue weighted by Gasteiger charge is -2.37. The molecule has 2 fully saturated rings. The standard InChI is InChI=1S/C21H40O/c1-3-4-5-6-7-8-17-22-21-15-13-20(14-16-21)19-11-9-18(2)10-12-19/h18-21H,3-17H2,1-2H3/t18-,19-,20-,21-. The highest BCUT2D eigenvalue weighted by atomic mass is 16.5. The highest BCUT2D eigenvalue weighted by molar-refractivity contribution is 4.81. The van der Waals surface area contributed by atoms with Crippen LogP contribution >= 0.6 is 0 Å². The Morgan fingerprint density at radius 3 is 1.86 bits per heavy atom. The van der Waals surface area contributed by atoms with Gasteiger partial charge in [0, 0.05) is 6.61 Å². The molecule has 0 aliphatic heterocycles. The predicted molar refractivity (Wildman–Crippen MR) is 96.2 cm³/mol. The molecular formula is C21H40O. The van der Waals surface area contributed by atoms with Crippen LogP contribution < -0.4 is 0 Å². The van der Waals surface area contributed by atoms with E-state index in [0.717, 1.165) is 24.4 Å². The molecule has 2 aliphatic rings. The van der Waals surface area contributed by atoms with Gasteiger partial charge in [-0.2, -0.15) is 0 Å². The monoisotopic (exact) mass is 308 g/mol. The van der Waals surface area contributed by atoms with Crippen molar-refractivity contribution in [3.05, 3.63) is 0 Å². The Hall–Kier alpha value is -0.0400. The van der Waals surface area contributed by atoms with Gasteiger partial charge in [0.1, 0.15) is 0 Å². The van der Waals surface area contributed by atoms with E-state index in [1.165, 1.54) is 89.9 Å². The molecule has 0 bridgehead atoms. The summed E-state index contributed by atoms with van der Waals surface area (Å²) in [5.74, 6) is 3.07. The molecular weight excluding hydrogens is 268 g/mol. The van der Waals surface area contributed by atoms with Crippen molar-refractivity contribution in [2.24, 2.45) is 17.8 Å². The van der Waals surface area contributed by atoms with Crippen LogP contribution in [0.25, 0.3) is 0 Å². The number of hydrogen-bond donors (Lipinski definition) is 0. The second kappa shape index (κ2) is 10.7. The van der Waals surface area contributed by atoms with Crippen LogP contribution in [0.3, 0.4) is 0 Å². The first kappa shape index (κ1) is 18.3. The molecule has 2 rings (SSSR count). The minimum Gasteiger partial charge on any atom is -0.378 e. The topological polar surface area (TPSA) is 9.23 Å². The first-order valence-corrected chi connectivity index (χ1v) is 10.4. The summed E-state index contributed by atoms with van der Waals surface area (Å²) in [4.78, 5) is 0. The van der Waals surface area contributed by atoms with Crippen molar-refractivity contribution in [2.45, 2.75) is 110 Å². The molecule has 1 nitrogen and oxygen atoms in total. The van der Waals surface area contributed by atoms with E-state index in [4.69, 9.17) is 4.74 Å². The van der Waals surface area contributed by atoms with Crippen LogP contribution in [-0.2, 0) is 4.74 Å².